The number of rotatable bonds is 5. The quantitative estimate of drug-likeness (QED) is 0.725. The van der Waals surface area contributed by atoms with E-state index in [1.807, 2.05) is 0 Å². The lowest BCUT2D eigenvalue weighted by Gasteiger charge is -2.06. The third-order valence-electron chi connectivity index (χ3n) is 3.33. The predicted molar refractivity (Wildman–Crippen MR) is 65.0 cm³/mol. The Kier molecular flexibility index (Phi) is 3.42. The van der Waals surface area contributed by atoms with Gasteiger partial charge in [0.2, 0.25) is 0 Å². The molecule has 2 rings (SSSR count). The van der Waals surface area contributed by atoms with Gasteiger partial charge in [0.1, 0.15) is 0 Å². The summed E-state index contributed by atoms with van der Waals surface area (Å²) in [4.78, 5) is 0. The molecule has 0 heterocycles. The first-order chi connectivity index (χ1) is 7.25. The van der Waals surface area contributed by atoms with E-state index >= 15 is 0 Å². The molecule has 1 heteroatoms. The van der Waals surface area contributed by atoms with E-state index in [4.69, 9.17) is 0 Å². The van der Waals surface area contributed by atoms with Crippen molar-refractivity contribution in [2.75, 3.05) is 6.54 Å². The van der Waals surface area contributed by atoms with Crippen molar-refractivity contribution in [1.29, 1.82) is 0 Å². The molecule has 1 aliphatic carbocycles. The summed E-state index contributed by atoms with van der Waals surface area (Å²) in [5.74, 6) is 1.04. The van der Waals surface area contributed by atoms with Crippen molar-refractivity contribution < 1.29 is 0 Å². The molecule has 1 fully saturated rings. The van der Waals surface area contributed by atoms with E-state index in [2.05, 4.69) is 37.4 Å². The van der Waals surface area contributed by atoms with Crippen LogP contribution in [0.4, 0.5) is 0 Å². The zero-order valence-electron chi connectivity index (χ0n) is 9.84. The highest BCUT2D eigenvalue weighted by atomic mass is 14.8. The zero-order valence-corrected chi connectivity index (χ0v) is 9.84. The van der Waals surface area contributed by atoms with E-state index in [0.717, 1.165) is 12.5 Å². The van der Waals surface area contributed by atoms with Gasteiger partial charge in [0.15, 0.2) is 0 Å². The van der Waals surface area contributed by atoms with Crippen molar-refractivity contribution >= 4 is 0 Å². The number of nitrogens with one attached hydrogen (secondary N) is 1. The molecule has 1 saturated carbocycles. The molecule has 15 heavy (non-hydrogen) atoms. The Labute approximate surface area is 92.9 Å². The summed E-state index contributed by atoms with van der Waals surface area (Å²) in [5, 5.41) is 3.52. The number of aryl methyl sites for hydroxylation is 2. The second kappa shape index (κ2) is 4.80. The highest BCUT2D eigenvalue weighted by Gasteiger charge is 2.19. The molecule has 0 aliphatic heterocycles. The normalized spacial score (nSPS) is 15.6. The van der Waals surface area contributed by atoms with E-state index in [0.29, 0.717) is 0 Å². The molecule has 0 saturated heterocycles. The molecule has 0 atom stereocenters. The Bertz CT molecular complexity index is 326. The SMILES string of the molecule is Cc1ccc(CNCCC2CC2)cc1C. The van der Waals surface area contributed by atoms with Crippen LogP contribution in [0.3, 0.4) is 0 Å². The topological polar surface area (TPSA) is 12.0 Å². The highest BCUT2D eigenvalue weighted by Crippen LogP contribution is 2.31. The summed E-state index contributed by atoms with van der Waals surface area (Å²) < 4.78 is 0. The maximum atomic E-state index is 3.52. The first-order valence-electron chi connectivity index (χ1n) is 6.02. The summed E-state index contributed by atoms with van der Waals surface area (Å²) in [5.41, 5.74) is 4.20. The summed E-state index contributed by atoms with van der Waals surface area (Å²) in [6.45, 7) is 6.55. The standard InChI is InChI=1S/C14H21N/c1-11-3-4-14(9-12(11)2)10-15-8-7-13-5-6-13/h3-4,9,13,15H,5-8,10H2,1-2H3. The van der Waals surface area contributed by atoms with Gasteiger partial charge >= 0.3 is 0 Å². The van der Waals surface area contributed by atoms with Gasteiger partial charge in [-0.2, -0.15) is 0 Å². The average Bonchev–Trinajstić information content (AvgIpc) is 3.02. The Hall–Kier alpha value is -0.820. The average molecular weight is 203 g/mol. The van der Waals surface area contributed by atoms with E-state index in [9.17, 15) is 0 Å². The number of hydrogen-bond donors (Lipinski definition) is 1. The van der Waals surface area contributed by atoms with Crippen LogP contribution in [-0.4, -0.2) is 6.54 Å². The molecule has 1 N–H and O–H groups in total. The molecular weight excluding hydrogens is 182 g/mol. The molecule has 0 amide bonds. The van der Waals surface area contributed by atoms with E-state index in [1.165, 1.54) is 42.5 Å². The second-order valence-electron chi connectivity index (χ2n) is 4.83. The van der Waals surface area contributed by atoms with Crippen LogP contribution in [0.2, 0.25) is 0 Å². The Morgan fingerprint density at radius 1 is 1.20 bits per heavy atom. The summed E-state index contributed by atoms with van der Waals surface area (Å²) >= 11 is 0. The van der Waals surface area contributed by atoms with Gasteiger partial charge in [-0.1, -0.05) is 31.0 Å². The van der Waals surface area contributed by atoms with Crippen LogP contribution in [0.25, 0.3) is 0 Å². The lowest BCUT2D eigenvalue weighted by Crippen LogP contribution is -2.15. The Balaban J connectivity index is 1.74. The van der Waals surface area contributed by atoms with Crippen LogP contribution in [-0.2, 0) is 6.54 Å². The molecule has 0 bridgehead atoms. The van der Waals surface area contributed by atoms with E-state index in [1.54, 1.807) is 0 Å². The van der Waals surface area contributed by atoms with Crippen LogP contribution < -0.4 is 5.32 Å². The molecule has 0 aromatic heterocycles. The smallest absolute Gasteiger partial charge is 0.0205 e. The van der Waals surface area contributed by atoms with Gasteiger partial charge < -0.3 is 5.32 Å². The molecule has 1 aromatic rings. The largest absolute Gasteiger partial charge is 0.313 e. The van der Waals surface area contributed by atoms with Crippen molar-refractivity contribution in [3.8, 4) is 0 Å². The van der Waals surface area contributed by atoms with Gasteiger partial charge in [-0.05, 0) is 49.4 Å². The van der Waals surface area contributed by atoms with Gasteiger partial charge in [0.25, 0.3) is 0 Å². The number of benzene rings is 1. The fraction of sp³-hybridized carbons (Fsp3) is 0.571. The minimum Gasteiger partial charge on any atom is -0.313 e. The monoisotopic (exact) mass is 203 g/mol. The van der Waals surface area contributed by atoms with Gasteiger partial charge in [0.05, 0.1) is 0 Å². The molecule has 82 valence electrons. The van der Waals surface area contributed by atoms with Crippen molar-refractivity contribution in [3.05, 3.63) is 34.9 Å². The summed E-state index contributed by atoms with van der Waals surface area (Å²) in [6, 6.07) is 6.74. The second-order valence-corrected chi connectivity index (χ2v) is 4.83. The fourth-order valence-electron chi connectivity index (χ4n) is 1.86. The van der Waals surface area contributed by atoms with Crippen molar-refractivity contribution in [3.63, 3.8) is 0 Å². The maximum Gasteiger partial charge on any atom is 0.0205 e. The molecule has 0 unspecified atom stereocenters. The van der Waals surface area contributed by atoms with Gasteiger partial charge in [-0.25, -0.2) is 0 Å². The first kappa shape index (κ1) is 10.7. The van der Waals surface area contributed by atoms with Crippen LogP contribution in [0.1, 0.15) is 36.0 Å². The first-order valence-corrected chi connectivity index (χ1v) is 6.02. The molecule has 1 nitrogen and oxygen atoms in total. The lowest BCUT2D eigenvalue weighted by atomic mass is 10.1. The van der Waals surface area contributed by atoms with E-state index in [-0.39, 0.29) is 0 Å². The third kappa shape index (κ3) is 3.35. The highest BCUT2D eigenvalue weighted by molar-refractivity contribution is 5.29. The van der Waals surface area contributed by atoms with Gasteiger partial charge in [-0.3, -0.25) is 0 Å². The van der Waals surface area contributed by atoms with Crippen LogP contribution in [0.15, 0.2) is 18.2 Å². The fourth-order valence-corrected chi connectivity index (χ4v) is 1.86. The molecule has 1 aromatic carbocycles. The van der Waals surface area contributed by atoms with Crippen molar-refractivity contribution in [2.45, 2.75) is 39.7 Å². The lowest BCUT2D eigenvalue weighted by molar-refractivity contribution is 0.612. The third-order valence-corrected chi connectivity index (χ3v) is 3.33. The van der Waals surface area contributed by atoms with Crippen LogP contribution in [0, 0.1) is 19.8 Å². The zero-order chi connectivity index (χ0) is 10.7. The number of hydrogen-bond acceptors (Lipinski definition) is 1. The van der Waals surface area contributed by atoms with Crippen molar-refractivity contribution in [2.24, 2.45) is 5.92 Å². The predicted octanol–water partition coefficient (Wildman–Crippen LogP) is 3.19. The Morgan fingerprint density at radius 3 is 2.67 bits per heavy atom. The maximum absolute atomic E-state index is 3.52. The van der Waals surface area contributed by atoms with E-state index < -0.39 is 0 Å². The molecule has 1 aliphatic rings. The minimum atomic E-state index is 1.02. The molecule has 0 spiro atoms. The summed E-state index contributed by atoms with van der Waals surface area (Å²) in [7, 11) is 0. The van der Waals surface area contributed by atoms with Gasteiger partial charge in [0, 0.05) is 6.54 Å². The minimum absolute atomic E-state index is 1.02. The van der Waals surface area contributed by atoms with Crippen LogP contribution >= 0.6 is 0 Å². The van der Waals surface area contributed by atoms with Gasteiger partial charge in [-0.15, -0.1) is 0 Å². The summed E-state index contributed by atoms with van der Waals surface area (Å²) in [6.07, 6.45) is 4.29. The molecular formula is C14H21N. The van der Waals surface area contributed by atoms with Crippen LogP contribution in [0.5, 0.6) is 0 Å². The van der Waals surface area contributed by atoms with Crippen molar-refractivity contribution in [1.82, 2.24) is 5.32 Å². The Morgan fingerprint density at radius 2 is 2.00 bits per heavy atom. The molecule has 0 radical (unpaired) electrons.